The van der Waals surface area contributed by atoms with Gasteiger partial charge >= 0.3 is 0 Å². The monoisotopic (exact) mass is 345 g/mol. The highest BCUT2D eigenvalue weighted by molar-refractivity contribution is 6.31. The molecule has 126 valence electrons. The van der Waals surface area contributed by atoms with Gasteiger partial charge in [-0.15, -0.1) is 0 Å². The Labute approximate surface area is 145 Å². The van der Waals surface area contributed by atoms with Crippen molar-refractivity contribution in [1.82, 2.24) is 19.9 Å². The van der Waals surface area contributed by atoms with E-state index in [1.165, 1.54) is 4.80 Å². The quantitative estimate of drug-likeness (QED) is 0.924. The molecule has 2 aromatic rings. The van der Waals surface area contributed by atoms with Crippen LogP contribution in [-0.4, -0.2) is 44.4 Å². The SMILES string of the molecule is C[C@@H]1C2CC(C2)N(C(=O)c2cc(Cl)ccc2-n2nccn2)[C@@H]1CN. The molecule has 7 heteroatoms. The number of halogens is 1. The van der Waals surface area contributed by atoms with Gasteiger partial charge in [-0.25, -0.2) is 0 Å². The molecule has 2 atom stereocenters. The molecule has 3 fully saturated rings. The molecular formula is C17H20ClN5O. The molecule has 6 nitrogen and oxygen atoms in total. The third kappa shape index (κ3) is 2.32. The maximum Gasteiger partial charge on any atom is 0.256 e. The number of benzene rings is 1. The second-order valence-electron chi connectivity index (χ2n) is 6.74. The van der Waals surface area contributed by atoms with Gasteiger partial charge in [0.1, 0.15) is 0 Å². The minimum atomic E-state index is -0.0322. The molecule has 0 spiro atoms. The molecular weight excluding hydrogens is 326 g/mol. The molecule has 5 rings (SSSR count). The van der Waals surface area contributed by atoms with Crippen molar-refractivity contribution in [3.8, 4) is 5.69 Å². The number of fused-ring (bicyclic) bond motifs is 2. The lowest BCUT2D eigenvalue weighted by molar-refractivity contribution is -0.0514. The number of rotatable bonds is 3. The normalized spacial score (nSPS) is 28.5. The third-order valence-electron chi connectivity index (χ3n) is 5.55. The first-order valence-electron chi connectivity index (χ1n) is 8.29. The number of nitrogens with two attached hydrogens (primary N) is 1. The number of piperidine rings is 2. The molecule has 1 aliphatic carbocycles. The Hall–Kier alpha value is -1.92. The molecule has 1 aromatic carbocycles. The smallest absolute Gasteiger partial charge is 0.256 e. The zero-order chi connectivity index (χ0) is 16.8. The predicted octanol–water partition coefficient (Wildman–Crippen LogP) is 2.12. The van der Waals surface area contributed by atoms with Gasteiger partial charge in [0, 0.05) is 23.7 Å². The summed E-state index contributed by atoms with van der Waals surface area (Å²) in [7, 11) is 0. The van der Waals surface area contributed by atoms with Gasteiger partial charge < -0.3 is 10.6 Å². The summed E-state index contributed by atoms with van der Waals surface area (Å²) in [6, 6.07) is 5.59. The zero-order valence-corrected chi connectivity index (χ0v) is 14.2. The molecule has 2 N–H and O–H groups in total. The Balaban J connectivity index is 1.75. The van der Waals surface area contributed by atoms with Crippen LogP contribution in [0.2, 0.25) is 5.02 Å². The van der Waals surface area contributed by atoms with Crippen LogP contribution < -0.4 is 5.73 Å². The molecule has 24 heavy (non-hydrogen) atoms. The summed E-state index contributed by atoms with van der Waals surface area (Å²) in [6.45, 7) is 2.68. The fourth-order valence-electron chi connectivity index (χ4n) is 4.10. The van der Waals surface area contributed by atoms with Crippen molar-refractivity contribution in [1.29, 1.82) is 0 Å². The molecule has 1 saturated carbocycles. The number of aromatic nitrogens is 3. The lowest BCUT2D eigenvalue weighted by atomic mass is 9.64. The number of carbonyl (C=O) groups excluding carboxylic acids is 1. The van der Waals surface area contributed by atoms with E-state index in [9.17, 15) is 4.79 Å². The maximum absolute atomic E-state index is 13.4. The van der Waals surface area contributed by atoms with Crippen LogP contribution >= 0.6 is 11.6 Å². The lowest BCUT2D eigenvalue weighted by Gasteiger charge is -2.57. The standard InChI is InChI=1S/C17H20ClN5O/c1-10-11-6-13(7-11)22(16(10)9-19)17(24)14-8-12(18)2-3-15(14)23-20-4-5-21-23/h2-5,8,10-11,13,16H,6-7,9,19H2,1H3/t10-,11?,13?,16-/m1/s1. The van der Waals surface area contributed by atoms with Crippen LogP contribution in [0.5, 0.6) is 0 Å². The molecule has 3 aliphatic rings. The summed E-state index contributed by atoms with van der Waals surface area (Å²) in [5.74, 6) is 1.09. The maximum atomic E-state index is 13.4. The number of carbonyl (C=O) groups is 1. The van der Waals surface area contributed by atoms with Crippen LogP contribution in [0.15, 0.2) is 30.6 Å². The largest absolute Gasteiger partial charge is 0.331 e. The molecule has 0 radical (unpaired) electrons. The van der Waals surface area contributed by atoms with Gasteiger partial charge in [0.2, 0.25) is 0 Å². The minimum Gasteiger partial charge on any atom is -0.331 e. The number of amides is 1. The van der Waals surface area contributed by atoms with E-state index < -0.39 is 0 Å². The predicted molar refractivity (Wildman–Crippen MR) is 91.1 cm³/mol. The van der Waals surface area contributed by atoms with Crippen LogP contribution in [0.25, 0.3) is 5.69 Å². The van der Waals surface area contributed by atoms with E-state index in [1.54, 1.807) is 30.6 Å². The summed E-state index contributed by atoms with van der Waals surface area (Å²) in [5.41, 5.74) is 7.16. The van der Waals surface area contributed by atoms with Crippen molar-refractivity contribution in [2.45, 2.75) is 31.8 Å². The van der Waals surface area contributed by atoms with Crippen LogP contribution in [0.1, 0.15) is 30.1 Å². The van der Waals surface area contributed by atoms with Crippen LogP contribution in [0.3, 0.4) is 0 Å². The van der Waals surface area contributed by atoms with Crippen LogP contribution in [0, 0.1) is 11.8 Å². The molecule has 2 aliphatic heterocycles. The minimum absolute atomic E-state index is 0.0322. The summed E-state index contributed by atoms with van der Waals surface area (Å²) in [6.07, 6.45) is 5.31. The third-order valence-corrected chi connectivity index (χ3v) is 5.79. The van der Waals surface area contributed by atoms with E-state index in [1.807, 2.05) is 4.90 Å². The molecule has 3 heterocycles. The van der Waals surface area contributed by atoms with Gasteiger partial charge in [0.05, 0.1) is 23.6 Å². The van der Waals surface area contributed by atoms with Crippen LogP contribution in [-0.2, 0) is 0 Å². The van der Waals surface area contributed by atoms with E-state index in [0.29, 0.717) is 34.7 Å². The number of nitrogens with zero attached hydrogens (tertiary/aromatic N) is 4. The molecule has 2 bridgehead atoms. The molecule has 1 amide bonds. The second-order valence-corrected chi connectivity index (χ2v) is 7.18. The fourth-order valence-corrected chi connectivity index (χ4v) is 4.27. The summed E-state index contributed by atoms with van der Waals surface area (Å²) < 4.78 is 0. The first kappa shape index (κ1) is 15.6. The van der Waals surface area contributed by atoms with Gasteiger partial charge in [-0.3, -0.25) is 4.79 Å². The highest BCUT2D eigenvalue weighted by Gasteiger charge is 2.50. The molecule has 1 aromatic heterocycles. The first-order valence-corrected chi connectivity index (χ1v) is 8.67. The van der Waals surface area contributed by atoms with Crippen molar-refractivity contribution >= 4 is 17.5 Å². The van der Waals surface area contributed by atoms with Gasteiger partial charge in [0.15, 0.2) is 0 Å². The van der Waals surface area contributed by atoms with Gasteiger partial charge in [0.25, 0.3) is 5.91 Å². The molecule has 0 unspecified atom stereocenters. The van der Waals surface area contributed by atoms with Crippen molar-refractivity contribution in [2.24, 2.45) is 17.6 Å². The fraction of sp³-hybridized carbons (Fsp3) is 0.471. The Morgan fingerprint density at radius 3 is 2.71 bits per heavy atom. The summed E-state index contributed by atoms with van der Waals surface area (Å²) in [5, 5.41) is 8.83. The van der Waals surface area contributed by atoms with Gasteiger partial charge in [-0.2, -0.15) is 15.0 Å². The second kappa shape index (κ2) is 5.86. The Kier molecular flexibility index (Phi) is 3.81. The van der Waals surface area contributed by atoms with Crippen molar-refractivity contribution in [2.75, 3.05) is 6.54 Å². The average molecular weight is 346 g/mol. The van der Waals surface area contributed by atoms with E-state index in [-0.39, 0.29) is 18.0 Å². The summed E-state index contributed by atoms with van der Waals surface area (Å²) >= 11 is 6.16. The topological polar surface area (TPSA) is 77.0 Å². The first-order chi connectivity index (χ1) is 11.6. The van der Waals surface area contributed by atoms with Gasteiger partial charge in [-0.05, 0) is 42.9 Å². The summed E-state index contributed by atoms with van der Waals surface area (Å²) in [4.78, 5) is 16.8. The zero-order valence-electron chi connectivity index (χ0n) is 13.5. The van der Waals surface area contributed by atoms with E-state index >= 15 is 0 Å². The number of hydrogen-bond donors (Lipinski definition) is 1. The van der Waals surface area contributed by atoms with Gasteiger partial charge in [-0.1, -0.05) is 18.5 Å². The average Bonchev–Trinajstić information content (AvgIpc) is 3.06. The van der Waals surface area contributed by atoms with Crippen molar-refractivity contribution in [3.63, 3.8) is 0 Å². The van der Waals surface area contributed by atoms with E-state index in [4.69, 9.17) is 17.3 Å². The Morgan fingerprint density at radius 2 is 2.04 bits per heavy atom. The highest BCUT2D eigenvalue weighted by Crippen LogP contribution is 2.46. The highest BCUT2D eigenvalue weighted by atomic mass is 35.5. The van der Waals surface area contributed by atoms with E-state index in [2.05, 4.69) is 17.1 Å². The Morgan fingerprint density at radius 1 is 1.33 bits per heavy atom. The van der Waals surface area contributed by atoms with Crippen LogP contribution in [0.4, 0.5) is 0 Å². The number of hydrogen-bond acceptors (Lipinski definition) is 4. The van der Waals surface area contributed by atoms with Crippen molar-refractivity contribution in [3.05, 3.63) is 41.2 Å². The van der Waals surface area contributed by atoms with Crippen molar-refractivity contribution < 1.29 is 4.79 Å². The van der Waals surface area contributed by atoms with E-state index in [0.717, 1.165) is 12.8 Å². The Bertz CT molecular complexity index is 756. The molecule has 2 saturated heterocycles. The lowest BCUT2D eigenvalue weighted by Crippen LogP contribution is -2.64.